The van der Waals surface area contributed by atoms with Crippen LogP contribution >= 0.6 is 0 Å². The van der Waals surface area contributed by atoms with Crippen molar-refractivity contribution in [1.82, 2.24) is 4.90 Å². The maximum absolute atomic E-state index is 12.3. The lowest BCUT2D eigenvalue weighted by Crippen LogP contribution is -2.30. The predicted octanol–water partition coefficient (Wildman–Crippen LogP) is 4.14. The molecule has 0 aliphatic carbocycles. The Bertz CT molecular complexity index is 586. The molecule has 0 spiro atoms. The molecule has 0 atom stereocenters. The first kappa shape index (κ1) is 14.3. The molecule has 2 aromatic rings. The van der Waals surface area contributed by atoms with Gasteiger partial charge in [0.05, 0.1) is 0 Å². The van der Waals surface area contributed by atoms with E-state index in [0.717, 1.165) is 24.2 Å². The molecule has 0 heterocycles. The van der Waals surface area contributed by atoms with Crippen molar-refractivity contribution < 1.29 is 4.79 Å². The van der Waals surface area contributed by atoms with Crippen LogP contribution in [0.1, 0.15) is 29.8 Å². The summed E-state index contributed by atoms with van der Waals surface area (Å²) in [5, 5.41) is 0. The normalized spacial score (nSPS) is 10.3. The van der Waals surface area contributed by atoms with Gasteiger partial charge in [0.2, 0.25) is 0 Å². The van der Waals surface area contributed by atoms with E-state index in [0.29, 0.717) is 0 Å². The Morgan fingerprint density at radius 2 is 1.65 bits per heavy atom. The van der Waals surface area contributed by atoms with Gasteiger partial charge in [-0.3, -0.25) is 4.79 Å². The summed E-state index contributed by atoms with van der Waals surface area (Å²) >= 11 is 0. The van der Waals surface area contributed by atoms with E-state index >= 15 is 0 Å². The third kappa shape index (κ3) is 2.90. The van der Waals surface area contributed by atoms with Gasteiger partial charge in [0.25, 0.3) is 5.91 Å². The van der Waals surface area contributed by atoms with Crippen LogP contribution in [-0.2, 0) is 0 Å². The van der Waals surface area contributed by atoms with Gasteiger partial charge >= 0.3 is 0 Å². The number of carbonyl (C=O) groups is 1. The van der Waals surface area contributed by atoms with Gasteiger partial charge in [0.15, 0.2) is 0 Å². The van der Waals surface area contributed by atoms with Gasteiger partial charge in [-0.1, -0.05) is 36.4 Å². The average Bonchev–Trinajstić information content (AvgIpc) is 2.49. The van der Waals surface area contributed by atoms with Crippen LogP contribution in [0.5, 0.6) is 0 Å². The smallest absolute Gasteiger partial charge is 0.253 e. The Morgan fingerprint density at radius 1 is 1.00 bits per heavy atom. The highest BCUT2D eigenvalue weighted by molar-refractivity contribution is 5.95. The second-order valence-corrected chi connectivity index (χ2v) is 4.87. The van der Waals surface area contributed by atoms with Crippen molar-refractivity contribution in [3.63, 3.8) is 0 Å². The molecule has 0 unspecified atom stereocenters. The number of carbonyl (C=O) groups excluding carboxylic acids is 1. The number of hydrogen-bond donors (Lipinski definition) is 0. The molecule has 0 N–H and O–H groups in total. The lowest BCUT2D eigenvalue weighted by molar-refractivity contribution is 0.0773. The van der Waals surface area contributed by atoms with Crippen LogP contribution < -0.4 is 0 Å². The molecule has 104 valence electrons. The molecule has 0 saturated carbocycles. The number of rotatable bonds is 4. The molecule has 0 bridgehead atoms. The summed E-state index contributed by atoms with van der Waals surface area (Å²) < 4.78 is 0. The summed E-state index contributed by atoms with van der Waals surface area (Å²) in [7, 11) is 0. The van der Waals surface area contributed by atoms with Crippen molar-refractivity contribution in [3.05, 3.63) is 59.7 Å². The lowest BCUT2D eigenvalue weighted by Gasteiger charge is -2.19. The molecule has 2 nitrogen and oxygen atoms in total. The molecule has 0 saturated heterocycles. The standard InChI is InChI=1S/C18H21NO/c1-4-19(5-2)18(20)16-11-12-17(14(3)13-16)15-9-7-6-8-10-15/h6-13H,4-5H2,1-3H3. The van der Waals surface area contributed by atoms with Crippen molar-refractivity contribution >= 4 is 5.91 Å². The van der Waals surface area contributed by atoms with Crippen LogP contribution in [0, 0.1) is 6.92 Å². The van der Waals surface area contributed by atoms with Gasteiger partial charge in [0, 0.05) is 18.7 Å². The summed E-state index contributed by atoms with van der Waals surface area (Å²) in [5.41, 5.74) is 4.27. The Hall–Kier alpha value is -2.09. The fourth-order valence-corrected chi connectivity index (χ4v) is 2.43. The van der Waals surface area contributed by atoms with E-state index in [-0.39, 0.29) is 5.91 Å². The molecule has 2 rings (SSSR count). The van der Waals surface area contributed by atoms with Gasteiger partial charge < -0.3 is 4.90 Å². The quantitative estimate of drug-likeness (QED) is 0.815. The number of hydrogen-bond acceptors (Lipinski definition) is 1. The molecule has 0 radical (unpaired) electrons. The molecule has 2 aromatic carbocycles. The zero-order valence-corrected chi connectivity index (χ0v) is 12.4. The van der Waals surface area contributed by atoms with Gasteiger partial charge in [-0.05, 0) is 49.6 Å². The van der Waals surface area contributed by atoms with Crippen LogP contribution in [0.4, 0.5) is 0 Å². The summed E-state index contributed by atoms with van der Waals surface area (Å²) in [5.74, 6) is 0.109. The second kappa shape index (κ2) is 6.38. The minimum absolute atomic E-state index is 0.109. The van der Waals surface area contributed by atoms with Crippen LogP contribution in [0.3, 0.4) is 0 Å². The van der Waals surface area contributed by atoms with Crippen molar-refractivity contribution in [2.24, 2.45) is 0 Å². The van der Waals surface area contributed by atoms with E-state index in [1.807, 2.05) is 55.1 Å². The molecule has 0 aliphatic rings. The first-order valence-electron chi connectivity index (χ1n) is 7.12. The van der Waals surface area contributed by atoms with Gasteiger partial charge in [0.1, 0.15) is 0 Å². The van der Waals surface area contributed by atoms with Crippen LogP contribution in [-0.4, -0.2) is 23.9 Å². The van der Waals surface area contributed by atoms with Gasteiger partial charge in [-0.2, -0.15) is 0 Å². The van der Waals surface area contributed by atoms with Gasteiger partial charge in [-0.15, -0.1) is 0 Å². The first-order valence-corrected chi connectivity index (χ1v) is 7.12. The third-order valence-electron chi connectivity index (χ3n) is 3.61. The number of benzene rings is 2. The Balaban J connectivity index is 2.33. The van der Waals surface area contributed by atoms with Crippen molar-refractivity contribution in [1.29, 1.82) is 0 Å². The molecule has 0 aliphatic heterocycles. The summed E-state index contributed by atoms with van der Waals surface area (Å²) in [6.07, 6.45) is 0. The van der Waals surface area contributed by atoms with E-state index < -0.39 is 0 Å². The van der Waals surface area contributed by atoms with E-state index in [9.17, 15) is 4.79 Å². The fraction of sp³-hybridized carbons (Fsp3) is 0.278. The van der Waals surface area contributed by atoms with E-state index in [4.69, 9.17) is 0 Å². The highest BCUT2D eigenvalue weighted by atomic mass is 16.2. The van der Waals surface area contributed by atoms with Crippen LogP contribution in [0.2, 0.25) is 0 Å². The van der Waals surface area contributed by atoms with Crippen LogP contribution in [0.15, 0.2) is 48.5 Å². The van der Waals surface area contributed by atoms with E-state index in [1.54, 1.807) is 0 Å². The number of nitrogens with zero attached hydrogens (tertiary/aromatic N) is 1. The van der Waals surface area contributed by atoms with Crippen molar-refractivity contribution in [3.8, 4) is 11.1 Å². The van der Waals surface area contributed by atoms with E-state index in [2.05, 4.69) is 19.1 Å². The topological polar surface area (TPSA) is 20.3 Å². The zero-order valence-electron chi connectivity index (χ0n) is 12.4. The Labute approximate surface area is 121 Å². The molecular weight excluding hydrogens is 246 g/mol. The highest BCUT2D eigenvalue weighted by Crippen LogP contribution is 2.24. The minimum Gasteiger partial charge on any atom is -0.339 e. The van der Waals surface area contributed by atoms with E-state index in [1.165, 1.54) is 11.1 Å². The molecule has 0 fully saturated rings. The molecule has 20 heavy (non-hydrogen) atoms. The Morgan fingerprint density at radius 3 is 2.20 bits per heavy atom. The minimum atomic E-state index is 0.109. The number of amides is 1. The largest absolute Gasteiger partial charge is 0.339 e. The van der Waals surface area contributed by atoms with Gasteiger partial charge in [-0.25, -0.2) is 0 Å². The zero-order chi connectivity index (χ0) is 14.5. The molecular formula is C18H21NO. The number of aryl methyl sites for hydroxylation is 1. The Kier molecular flexibility index (Phi) is 4.57. The summed E-state index contributed by atoms with van der Waals surface area (Å²) in [6.45, 7) is 7.56. The fourth-order valence-electron chi connectivity index (χ4n) is 2.43. The first-order chi connectivity index (χ1) is 9.67. The SMILES string of the molecule is CCN(CC)C(=O)c1ccc(-c2ccccc2)c(C)c1. The van der Waals surface area contributed by atoms with Crippen molar-refractivity contribution in [2.45, 2.75) is 20.8 Å². The average molecular weight is 267 g/mol. The maximum Gasteiger partial charge on any atom is 0.253 e. The molecule has 2 heteroatoms. The highest BCUT2D eigenvalue weighted by Gasteiger charge is 2.13. The molecule has 1 amide bonds. The molecule has 0 aromatic heterocycles. The summed E-state index contributed by atoms with van der Waals surface area (Å²) in [4.78, 5) is 14.2. The monoisotopic (exact) mass is 267 g/mol. The third-order valence-corrected chi connectivity index (χ3v) is 3.61. The second-order valence-electron chi connectivity index (χ2n) is 4.87. The van der Waals surface area contributed by atoms with Crippen LogP contribution in [0.25, 0.3) is 11.1 Å². The summed E-state index contributed by atoms with van der Waals surface area (Å²) in [6, 6.07) is 16.2. The maximum atomic E-state index is 12.3. The lowest BCUT2D eigenvalue weighted by atomic mass is 9.98. The predicted molar refractivity (Wildman–Crippen MR) is 83.9 cm³/mol. The van der Waals surface area contributed by atoms with Crippen molar-refractivity contribution in [2.75, 3.05) is 13.1 Å².